The van der Waals surface area contributed by atoms with Gasteiger partial charge < -0.3 is 9.64 Å². The van der Waals surface area contributed by atoms with Gasteiger partial charge in [-0.1, -0.05) is 12.1 Å². The third-order valence-electron chi connectivity index (χ3n) is 5.98. The molecule has 2 saturated heterocycles. The van der Waals surface area contributed by atoms with Crippen LogP contribution in [0.15, 0.2) is 36.7 Å². The molecule has 1 atom stereocenters. The van der Waals surface area contributed by atoms with Crippen molar-refractivity contribution in [2.45, 2.75) is 44.6 Å². The zero-order chi connectivity index (χ0) is 20.2. The largest absolute Gasteiger partial charge is 0.434 e. The van der Waals surface area contributed by atoms with E-state index in [1.807, 2.05) is 4.90 Å². The van der Waals surface area contributed by atoms with Crippen molar-refractivity contribution in [2.75, 3.05) is 26.2 Å². The second kappa shape index (κ2) is 8.86. The van der Waals surface area contributed by atoms with Crippen LogP contribution in [-0.4, -0.2) is 57.9 Å². The van der Waals surface area contributed by atoms with Gasteiger partial charge >= 0.3 is 0 Å². The number of piperidine rings is 2. The fraction of sp³-hybridized carbons (Fsp3) is 0.500. The Labute approximate surface area is 170 Å². The lowest BCUT2D eigenvalue weighted by Gasteiger charge is -2.42. The fourth-order valence-corrected chi connectivity index (χ4v) is 4.37. The number of hydrogen-bond acceptors (Lipinski definition) is 5. The summed E-state index contributed by atoms with van der Waals surface area (Å²) in [6.45, 7) is 5.34. The van der Waals surface area contributed by atoms with E-state index in [4.69, 9.17) is 4.74 Å². The summed E-state index contributed by atoms with van der Waals surface area (Å²) in [4.78, 5) is 24.9. The molecule has 6 nitrogen and oxygen atoms in total. The Kier molecular flexibility index (Phi) is 6.04. The molecule has 4 rings (SSSR count). The molecule has 2 aromatic rings. The Morgan fingerprint density at radius 1 is 1.14 bits per heavy atom. The van der Waals surface area contributed by atoms with Crippen LogP contribution in [0.25, 0.3) is 0 Å². The minimum atomic E-state index is -0.416. The van der Waals surface area contributed by atoms with Crippen LogP contribution in [0.5, 0.6) is 11.6 Å². The first-order chi connectivity index (χ1) is 14.1. The molecule has 1 aromatic heterocycles. The van der Waals surface area contributed by atoms with Crippen molar-refractivity contribution < 1.29 is 13.9 Å². The maximum Gasteiger partial charge on any atom is 0.238 e. The number of para-hydroxylation sites is 1. The number of nitrogens with zero attached hydrogens (tertiary/aromatic N) is 4. The molecule has 1 amide bonds. The van der Waals surface area contributed by atoms with E-state index in [1.54, 1.807) is 31.3 Å². The number of carbonyl (C=O) groups excluding carboxylic acids is 1. The molecule has 0 saturated carbocycles. The number of likely N-dealkylation sites (tertiary alicyclic amines) is 2. The highest BCUT2D eigenvalue weighted by molar-refractivity contribution is 5.73. The van der Waals surface area contributed by atoms with Crippen LogP contribution in [0, 0.1) is 5.82 Å². The molecule has 0 aliphatic carbocycles. The highest BCUT2D eigenvalue weighted by atomic mass is 19.1. The van der Waals surface area contributed by atoms with Crippen molar-refractivity contribution in [2.24, 2.45) is 0 Å². The molecule has 0 bridgehead atoms. The van der Waals surface area contributed by atoms with Gasteiger partial charge in [-0.05, 0) is 44.4 Å². The summed E-state index contributed by atoms with van der Waals surface area (Å²) in [6.07, 6.45) is 7.52. The second-order valence-electron chi connectivity index (χ2n) is 7.89. The number of carbonyl (C=O) groups is 1. The zero-order valence-electron chi connectivity index (χ0n) is 16.8. The zero-order valence-corrected chi connectivity index (χ0v) is 16.8. The van der Waals surface area contributed by atoms with Crippen LogP contribution in [0.3, 0.4) is 0 Å². The van der Waals surface area contributed by atoms with E-state index in [2.05, 4.69) is 14.9 Å². The van der Waals surface area contributed by atoms with Gasteiger partial charge in [0.25, 0.3) is 0 Å². The summed E-state index contributed by atoms with van der Waals surface area (Å²) in [5.41, 5.74) is 0.893. The van der Waals surface area contributed by atoms with E-state index in [-0.39, 0.29) is 17.6 Å². The number of aromatic nitrogens is 2. The van der Waals surface area contributed by atoms with Gasteiger partial charge in [0.15, 0.2) is 11.6 Å². The first-order valence-corrected chi connectivity index (χ1v) is 10.3. The Balaban J connectivity index is 1.41. The number of amides is 1. The fourth-order valence-electron chi connectivity index (χ4n) is 4.37. The standard InChI is InChI=1S/C22H27FN4O2/c1-16(28)26-11-8-18(9-12-26)27-10-4-5-17(15-27)20-13-24-14-22(25-20)29-21-7-3-2-6-19(21)23/h2-3,6-7,13-14,17-18H,4-5,8-12,15H2,1H3. The van der Waals surface area contributed by atoms with Crippen LogP contribution < -0.4 is 4.74 Å². The Morgan fingerprint density at radius 2 is 1.93 bits per heavy atom. The molecular weight excluding hydrogens is 371 g/mol. The van der Waals surface area contributed by atoms with Crippen LogP contribution in [0.2, 0.25) is 0 Å². The van der Waals surface area contributed by atoms with E-state index in [0.717, 1.165) is 57.6 Å². The first-order valence-electron chi connectivity index (χ1n) is 10.3. The Hall–Kier alpha value is -2.54. The van der Waals surface area contributed by atoms with Crippen molar-refractivity contribution in [1.29, 1.82) is 0 Å². The number of halogens is 1. The molecule has 2 aliphatic heterocycles. The summed E-state index contributed by atoms with van der Waals surface area (Å²) < 4.78 is 19.5. The predicted octanol–water partition coefficient (Wildman–Crippen LogP) is 3.60. The maximum atomic E-state index is 13.9. The van der Waals surface area contributed by atoms with Gasteiger partial charge in [0.1, 0.15) is 0 Å². The van der Waals surface area contributed by atoms with Crippen molar-refractivity contribution >= 4 is 5.91 Å². The molecule has 1 aromatic carbocycles. The van der Waals surface area contributed by atoms with Crippen LogP contribution in [0.4, 0.5) is 4.39 Å². The van der Waals surface area contributed by atoms with E-state index in [1.165, 1.54) is 12.3 Å². The Bertz CT molecular complexity index is 854. The lowest BCUT2D eigenvalue weighted by atomic mass is 9.92. The third kappa shape index (κ3) is 4.72. The quantitative estimate of drug-likeness (QED) is 0.788. The SMILES string of the molecule is CC(=O)N1CCC(N2CCCC(c3cncc(Oc4ccccc4F)n3)C2)CC1. The lowest BCUT2D eigenvalue weighted by Crippen LogP contribution is -2.49. The average molecular weight is 398 g/mol. The minimum absolute atomic E-state index is 0.154. The van der Waals surface area contributed by atoms with E-state index in [9.17, 15) is 9.18 Å². The van der Waals surface area contributed by atoms with Gasteiger partial charge in [0.05, 0.1) is 11.9 Å². The summed E-state index contributed by atoms with van der Waals surface area (Å²) >= 11 is 0. The molecule has 154 valence electrons. The predicted molar refractivity (Wildman–Crippen MR) is 107 cm³/mol. The van der Waals surface area contributed by atoms with Crippen molar-refractivity contribution in [3.05, 3.63) is 48.2 Å². The van der Waals surface area contributed by atoms with Gasteiger partial charge in [-0.3, -0.25) is 14.7 Å². The number of benzene rings is 1. The molecule has 1 unspecified atom stereocenters. The first kappa shape index (κ1) is 19.8. The van der Waals surface area contributed by atoms with E-state index >= 15 is 0 Å². The van der Waals surface area contributed by atoms with Crippen molar-refractivity contribution in [3.63, 3.8) is 0 Å². The highest BCUT2D eigenvalue weighted by Gasteiger charge is 2.30. The van der Waals surface area contributed by atoms with Gasteiger partial charge in [0.2, 0.25) is 11.8 Å². The van der Waals surface area contributed by atoms with Gasteiger partial charge in [-0.15, -0.1) is 0 Å². The average Bonchev–Trinajstić information content (AvgIpc) is 2.76. The molecule has 3 heterocycles. The number of rotatable bonds is 4. The van der Waals surface area contributed by atoms with Gasteiger partial charge in [-0.25, -0.2) is 9.37 Å². The van der Waals surface area contributed by atoms with Gasteiger partial charge in [0, 0.05) is 44.7 Å². The normalized spacial score (nSPS) is 21.2. The molecule has 2 fully saturated rings. The smallest absolute Gasteiger partial charge is 0.238 e. The molecule has 0 radical (unpaired) electrons. The molecule has 7 heteroatoms. The lowest BCUT2D eigenvalue weighted by molar-refractivity contribution is -0.130. The van der Waals surface area contributed by atoms with Gasteiger partial charge in [-0.2, -0.15) is 0 Å². The molecular formula is C22H27FN4O2. The summed E-state index contributed by atoms with van der Waals surface area (Å²) in [6, 6.07) is 6.82. The monoisotopic (exact) mass is 398 g/mol. The summed E-state index contributed by atoms with van der Waals surface area (Å²) in [5, 5.41) is 0. The van der Waals surface area contributed by atoms with Crippen molar-refractivity contribution in [3.8, 4) is 11.6 Å². The third-order valence-corrected chi connectivity index (χ3v) is 5.98. The topological polar surface area (TPSA) is 58.6 Å². The van der Waals surface area contributed by atoms with E-state index in [0.29, 0.717) is 11.9 Å². The van der Waals surface area contributed by atoms with Crippen LogP contribution in [-0.2, 0) is 4.79 Å². The molecule has 29 heavy (non-hydrogen) atoms. The molecule has 0 N–H and O–H groups in total. The van der Waals surface area contributed by atoms with Crippen LogP contribution in [0.1, 0.15) is 44.2 Å². The summed E-state index contributed by atoms with van der Waals surface area (Å²) in [5.74, 6) is 0.509. The highest BCUT2D eigenvalue weighted by Crippen LogP contribution is 2.30. The van der Waals surface area contributed by atoms with Crippen LogP contribution >= 0.6 is 0 Å². The minimum Gasteiger partial charge on any atom is -0.434 e. The second-order valence-corrected chi connectivity index (χ2v) is 7.89. The molecule has 0 spiro atoms. The maximum absolute atomic E-state index is 13.9. The Morgan fingerprint density at radius 3 is 2.69 bits per heavy atom. The van der Waals surface area contributed by atoms with E-state index < -0.39 is 5.82 Å². The summed E-state index contributed by atoms with van der Waals surface area (Å²) in [7, 11) is 0. The van der Waals surface area contributed by atoms with Crippen molar-refractivity contribution in [1.82, 2.24) is 19.8 Å². The number of hydrogen-bond donors (Lipinski definition) is 0. The molecule has 2 aliphatic rings. The number of ether oxygens (including phenoxy) is 1.